The van der Waals surface area contributed by atoms with Gasteiger partial charge in [0.1, 0.15) is 0 Å². The van der Waals surface area contributed by atoms with Crippen LogP contribution in [0.15, 0.2) is 582 Å². The molecule has 0 aliphatic carbocycles. The van der Waals surface area contributed by atoms with E-state index in [9.17, 15) is 0 Å². The van der Waals surface area contributed by atoms with Crippen LogP contribution in [0, 0.1) is 0 Å². The van der Waals surface area contributed by atoms with E-state index in [0.29, 0.717) is 0 Å². The third-order valence-electron chi connectivity index (χ3n) is 28.6. The van der Waals surface area contributed by atoms with Gasteiger partial charge in [-0.3, -0.25) is 0 Å². The molecule has 23 aromatic carbocycles. The van der Waals surface area contributed by atoms with Crippen molar-refractivity contribution >= 4 is 244 Å². The van der Waals surface area contributed by atoms with E-state index in [1.165, 1.54) is 162 Å². The summed E-state index contributed by atoms with van der Waals surface area (Å²) < 4.78 is 0. The number of nitrogens with zero attached hydrogens (tertiary/aromatic N) is 4. The average Bonchev–Trinajstić information content (AvgIpc) is 0.740. The fraction of sp³-hybridized carbons (Fsp3) is 0. The van der Waals surface area contributed by atoms with Crippen LogP contribution in [0.4, 0.5) is 0 Å². The predicted octanol–water partition coefficient (Wildman–Crippen LogP) is 31.2. The molecule has 0 N–H and O–H groups in total. The second kappa shape index (κ2) is 42.2. The molecular formula is C138H96N4P4S4. The lowest BCUT2D eigenvalue weighted by molar-refractivity contribution is 1.49. The highest BCUT2D eigenvalue weighted by Crippen LogP contribution is 2.51. The summed E-state index contributed by atoms with van der Waals surface area (Å²) in [5.74, 6) is 0. The maximum atomic E-state index is 6.68. The number of para-hydroxylation sites is 6. The lowest BCUT2D eigenvalue weighted by Crippen LogP contribution is -2.24. The quantitative estimate of drug-likeness (QED) is 0.0508. The van der Waals surface area contributed by atoms with E-state index < -0.39 is 24.2 Å². The third-order valence-corrected chi connectivity index (χ3v) is 48.5. The molecule has 1 unspecified atom stereocenters. The first-order chi connectivity index (χ1) is 73.9. The van der Waals surface area contributed by atoms with Crippen LogP contribution >= 0.6 is 24.2 Å². The van der Waals surface area contributed by atoms with E-state index in [1.54, 1.807) is 0 Å². The van der Waals surface area contributed by atoms with Gasteiger partial charge in [-0.1, -0.05) is 587 Å². The molecule has 0 aliphatic rings. The van der Waals surface area contributed by atoms with E-state index in [2.05, 4.69) is 564 Å². The minimum atomic E-state index is -2.27. The van der Waals surface area contributed by atoms with Crippen molar-refractivity contribution in [3.05, 3.63) is 582 Å². The Hall–Kier alpha value is -16.1. The Morgan fingerprint density at radius 1 is 0.120 bits per heavy atom. The van der Waals surface area contributed by atoms with Gasteiger partial charge in [-0.15, -0.1) is 0 Å². The SMILES string of the molecule is S=P(c1ccccc1)(c1ccc(-c2ccccc2)cc1)c1ccc(-c2c3ccccc3nc3ccccc23)cc1.S=P(c1ccccc1)(c1ccccc1)c1ccc(-c2c3ccccc3nc3c2ccc2ccccc23)cc1.S=P(c1ccccc1)(c1ccccc1)c1ccc(-c2c3ccccc3nc3ccc4ccccc4c23)cc1.S=P(c1ccccc1)(c1ccccc1)c1ccc(-c2c3ccccc3nc3ccccc23)cc1. The lowest BCUT2D eigenvalue weighted by Gasteiger charge is -2.25. The molecule has 1 atom stereocenters. The highest BCUT2D eigenvalue weighted by Gasteiger charge is 2.31. The zero-order chi connectivity index (χ0) is 101. The van der Waals surface area contributed by atoms with Crippen molar-refractivity contribution in [2.24, 2.45) is 0 Å². The molecule has 0 fully saturated rings. The number of hydrogen-bond acceptors (Lipinski definition) is 8. The third kappa shape index (κ3) is 18.2. The normalized spacial score (nSPS) is 12.0. The van der Waals surface area contributed by atoms with Crippen LogP contribution in [-0.4, -0.2) is 19.9 Å². The van der Waals surface area contributed by atoms with Crippen molar-refractivity contribution in [1.82, 2.24) is 19.9 Å². The molecule has 0 spiro atoms. The van der Waals surface area contributed by atoms with Crippen molar-refractivity contribution in [2.45, 2.75) is 0 Å². The van der Waals surface area contributed by atoms with E-state index in [1.807, 2.05) is 18.2 Å². The molecule has 0 bridgehead atoms. The monoisotopic (exact) mass is 2060 g/mol. The summed E-state index contributed by atoms with van der Waals surface area (Å²) in [6, 6.07) is 197. The van der Waals surface area contributed by atoms with Crippen LogP contribution in [0.1, 0.15) is 0 Å². The maximum absolute atomic E-state index is 6.68. The summed E-state index contributed by atoms with van der Waals surface area (Å²) >= 11 is 26.3. The molecule has 4 aromatic heterocycles. The predicted molar refractivity (Wildman–Crippen MR) is 663 cm³/mol. The first-order valence-corrected chi connectivity index (χ1v) is 61.5. The number of rotatable bonds is 17. The van der Waals surface area contributed by atoms with E-state index in [0.717, 1.165) is 65.7 Å². The van der Waals surface area contributed by atoms with Gasteiger partial charge < -0.3 is 0 Å². The number of benzene rings is 23. The Balaban J connectivity index is 0.000000107. The molecule has 0 saturated carbocycles. The van der Waals surface area contributed by atoms with Crippen LogP contribution in [0.25, 0.3) is 164 Å². The summed E-state index contributed by atoms with van der Waals surface area (Å²) in [5.41, 5.74) is 20.1. The fourth-order valence-corrected chi connectivity index (χ4v) is 36.2. The molecule has 0 amide bonds. The first kappa shape index (κ1) is 96.0. The first-order valence-electron chi connectivity index (χ1n) is 50.3. The fourth-order valence-electron chi connectivity index (χ4n) is 21.3. The summed E-state index contributed by atoms with van der Waals surface area (Å²) in [6.45, 7) is 0. The Kier molecular flexibility index (Phi) is 27.0. The minimum absolute atomic E-state index is 1.01. The highest BCUT2D eigenvalue weighted by atomic mass is 32.5. The van der Waals surface area contributed by atoms with E-state index in [4.69, 9.17) is 67.2 Å². The molecule has 0 saturated heterocycles. The molecule has 27 rings (SSSR count). The van der Waals surface area contributed by atoms with Crippen molar-refractivity contribution in [3.8, 4) is 55.6 Å². The van der Waals surface area contributed by atoms with Crippen molar-refractivity contribution < 1.29 is 0 Å². The van der Waals surface area contributed by atoms with Gasteiger partial charge in [-0.2, -0.15) is 0 Å². The zero-order valence-corrected chi connectivity index (χ0v) is 88.5. The Morgan fingerprint density at radius 3 is 0.613 bits per heavy atom. The number of fused-ring (bicyclic) bond motifs is 12. The standard InChI is InChI=1S/C37H26NPS.2C35H24NPS.C31H22NPS/c40-39(30-13-5-2-6-14-30,31-23-19-28(20-24-31)27-11-3-1-4-12-27)32-25-21-29(22-26-32)37-33-15-7-9-17-35(33)38-36-18-10-8-16-34(36)37;38-37(27-12-3-1-4-13-27,28-14-5-2-6-15-28)29-22-19-26(20-23-29)34-31-17-9-10-18-33(31)36-35-30-16-8-7-11-25(30)21-24-32(34)35;38-37(27-12-3-1-4-13-27,28-14-5-2-6-15-28)29-22-19-26(20-23-29)34-31-17-9-10-18-32(31)36-33-24-21-25-11-7-8-16-30(25)35(33)34;34-33(24-11-3-1-4-12-24,25-13-5-2-6-14-25)26-21-19-23(20-22-26)31-27-15-7-9-17-29(27)32-30-18-10-8-16-28(30)31/h1-26H;2*1-24H;1-22H. The number of pyridine rings is 4. The van der Waals surface area contributed by atoms with E-state index >= 15 is 0 Å². The molecule has 27 aromatic rings. The zero-order valence-electron chi connectivity index (χ0n) is 81.6. The highest BCUT2D eigenvalue weighted by molar-refractivity contribution is 8.27. The summed E-state index contributed by atoms with van der Waals surface area (Å²) in [7, 11) is 0. The molecule has 0 radical (unpaired) electrons. The Labute approximate surface area is 894 Å². The van der Waals surface area contributed by atoms with Gasteiger partial charge in [-0.25, -0.2) is 19.9 Å². The lowest BCUT2D eigenvalue weighted by atomic mass is 9.93. The largest absolute Gasteiger partial charge is 0.248 e. The van der Waals surface area contributed by atoms with Crippen LogP contribution in [-0.2, 0) is 47.2 Å². The number of hydrogen-bond donors (Lipinski definition) is 0. The second-order valence-corrected chi connectivity index (χ2v) is 54.9. The molecule has 4 nitrogen and oxygen atoms in total. The van der Waals surface area contributed by atoms with Crippen LogP contribution in [0.5, 0.6) is 0 Å². The number of aromatic nitrogens is 4. The molecule has 712 valence electrons. The summed E-state index contributed by atoms with van der Waals surface area (Å²) in [6.07, 6.45) is 0. The van der Waals surface area contributed by atoms with Gasteiger partial charge in [0, 0.05) is 94.9 Å². The molecular weight excluding hydrogens is 1970 g/mol. The van der Waals surface area contributed by atoms with E-state index in [-0.39, 0.29) is 0 Å². The summed E-state index contributed by atoms with van der Waals surface area (Å²) in [5, 5.41) is 28.6. The van der Waals surface area contributed by atoms with Gasteiger partial charge in [0.2, 0.25) is 0 Å². The molecule has 12 heteroatoms. The van der Waals surface area contributed by atoms with Crippen LogP contribution in [0.3, 0.4) is 0 Å². The maximum Gasteiger partial charge on any atom is 0.0794 e. The Morgan fingerprint density at radius 2 is 0.313 bits per heavy atom. The molecule has 150 heavy (non-hydrogen) atoms. The van der Waals surface area contributed by atoms with Gasteiger partial charge >= 0.3 is 0 Å². The van der Waals surface area contributed by atoms with Crippen molar-refractivity contribution in [1.29, 1.82) is 0 Å². The Bertz CT molecular complexity index is 9670. The average molecular weight is 2060 g/mol. The van der Waals surface area contributed by atoms with Gasteiger partial charge in [0.15, 0.2) is 0 Å². The molecule has 0 aliphatic heterocycles. The van der Waals surface area contributed by atoms with Gasteiger partial charge in [0.05, 0.1) is 44.1 Å². The minimum Gasteiger partial charge on any atom is -0.248 e. The van der Waals surface area contributed by atoms with Crippen molar-refractivity contribution in [3.63, 3.8) is 0 Å². The topological polar surface area (TPSA) is 51.6 Å². The van der Waals surface area contributed by atoms with Gasteiger partial charge in [-0.05, 0) is 156 Å². The summed E-state index contributed by atoms with van der Waals surface area (Å²) in [4.78, 5) is 20.0. The van der Waals surface area contributed by atoms with Gasteiger partial charge in [0.25, 0.3) is 0 Å². The second-order valence-electron chi connectivity index (χ2n) is 37.3. The van der Waals surface area contributed by atoms with Crippen molar-refractivity contribution in [2.75, 3.05) is 0 Å². The smallest absolute Gasteiger partial charge is 0.0794 e. The van der Waals surface area contributed by atoms with Crippen LogP contribution < -0.4 is 63.7 Å². The molecule has 4 heterocycles. The van der Waals surface area contributed by atoms with Crippen LogP contribution in [0.2, 0.25) is 0 Å².